The second-order valence-electron chi connectivity index (χ2n) is 7.61. The monoisotopic (exact) mass is 464 g/mol. The summed E-state index contributed by atoms with van der Waals surface area (Å²) in [7, 11) is 3.25. The van der Waals surface area contributed by atoms with Crippen molar-refractivity contribution in [2.45, 2.75) is 12.5 Å². The first-order valence-electron chi connectivity index (χ1n) is 10.4. The normalized spacial score (nSPS) is 14.6. The number of methoxy groups -OCH3 is 2. The lowest BCUT2D eigenvalue weighted by Gasteiger charge is -2.13. The topological polar surface area (TPSA) is 87.0 Å². The third kappa shape index (κ3) is 3.93. The van der Waals surface area contributed by atoms with Crippen molar-refractivity contribution in [3.05, 3.63) is 71.1 Å². The maximum Gasteiger partial charge on any atom is 0.256 e. The largest absolute Gasteiger partial charge is 0.497 e. The lowest BCUT2D eigenvalue weighted by Crippen LogP contribution is -2.34. The van der Waals surface area contributed by atoms with E-state index in [9.17, 15) is 4.79 Å². The van der Waals surface area contributed by atoms with Gasteiger partial charge in [0.2, 0.25) is 0 Å². The number of benzene rings is 2. The van der Waals surface area contributed by atoms with Crippen LogP contribution in [0.2, 0.25) is 5.02 Å². The molecule has 3 heterocycles. The quantitative estimate of drug-likeness (QED) is 0.467. The molecule has 1 aliphatic heterocycles. The van der Waals surface area contributed by atoms with E-state index in [2.05, 4.69) is 15.4 Å². The van der Waals surface area contributed by atoms with Crippen molar-refractivity contribution in [2.75, 3.05) is 20.8 Å². The maximum absolute atomic E-state index is 12.7. The number of hydrogen-bond donors (Lipinski definition) is 1. The van der Waals surface area contributed by atoms with Gasteiger partial charge < -0.3 is 19.5 Å². The minimum Gasteiger partial charge on any atom is -0.497 e. The van der Waals surface area contributed by atoms with Crippen LogP contribution in [-0.4, -0.2) is 47.4 Å². The summed E-state index contributed by atoms with van der Waals surface area (Å²) in [6.45, 7) is 0.325. The zero-order valence-electron chi connectivity index (χ0n) is 18.0. The van der Waals surface area contributed by atoms with Gasteiger partial charge in [-0.25, -0.2) is 9.50 Å². The Morgan fingerprint density at radius 3 is 2.97 bits per heavy atom. The van der Waals surface area contributed by atoms with Crippen LogP contribution in [0.3, 0.4) is 0 Å². The van der Waals surface area contributed by atoms with Crippen molar-refractivity contribution < 1.29 is 19.0 Å². The molecule has 0 radical (unpaired) electrons. The minimum atomic E-state index is -0.254. The Hall–Kier alpha value is -3.78. The number of carbonyl (C=O) groups excluding carboxylic acids is 1. The summed E-state index contributed by atoms with van der Waals surface area (Å²) in [5.74, 6) is 1.83. The molecule has 0 saturated heterocycles. The number of rotatable bonds is 6. The third-order valence-corrected chi connectivity index (χ3v) is 5.87. The van der Waals surface area contributed by atoms with E-state index in [1.54, 1.807) is 37.2 Å². The lowest BCUT2D eigenvalue weighted by atomic mass is 9.99. The molecule has 1 atom stereocenters. The average molecular weight is 465 g/mol. The van der Waals surface area contributed by atoms with Crippen LogP contribution in [0.15, 0.2) is 55.0 Å². The Morgan fingerprint density at radius 1 is 1.27 bits per heavy atom. The highest BCUT2D eigenvalue weighted by atomic mass is 35.5. The number of nitrogens with zero attached hydrogens (tertiary/aromatic N) is 3. The first-order valence-corrected chi connectivity index (χ1v) is 10.7. The van der Waals surface area contributed by atoms with Gasteiger partial charge in [0, 0.05) is 29.9 Å². The molecule has 0 aliphatic carbocycles. The van der Waals surface area contributed by atoms with Gasteiger partial charge in [-0.15, -0.1) is 0 Å². The van der Waals surface area contributed by atoms with Crippen LogP contribution in [0, 0.1) is 0 Å². The second kappa shape index (κ2) is 8.63. The summed E-state index contributed by atoms with van der Waals surface area (Å²) in [6.07, 6.45) is 5.25. The van der Waals surface area contributed by atoms with Crippen LogP contribution < -0.4 is 19.5 Å². The van der Waals surface area contributed by atoms with Crippen LogP contribution in [0.1, 0.15) is 15.9 Å². The molecule has 1 aliphatic rings. The maximum atomic E-state index is 12.7. The molecule has 0 fully saturated rings. The molecule has 168 valence electrons. The standard InChI is InChI=1S/C24H21ClN4O4/c1-31-16-4-5-21(32-2)18(11-16)14-8-15-9-17(33-22(15)20(25)10-14)12-27-24(30)19-13-28-29-7-3-6-26-23(19)29/h3-8,10-11,13,17H,9,12H2,1-2H3,(H,27,30). The Bertz CT molecular complexity index is 1350. The molecule has 5 rings (SSSR count). The average Bonchev–Trinajstić information content (AvgIpc) is 3.46. The van der Waals surface area contributed by atoms with E-state index in [0.29, 0.717) is 34.9 Å². The van der Waals surface area contributed by atoms with Crippen molar-refractivity contribution in [1.82, 2.24) is 19.9 Å². The molecular formula is C24H21ClN4O4. The van der Waals surface area contributed by atoms with E-state index in [4.69, 9.17) is 25.8 Å². The molecule has 4 aromatic rings. The smallest absolute Gasteiger partial charge is 0.256 e. The summed E-state index contributed by atoms with van der Waals surface area (Å²) >= 11 is 6.56. The number of fused-ring (bicyclic) bond motifs is 2. The minimum absolute atomic E-state index is 0.237. The summed E-state index contributed by atoms with van der Waals surface area (Å²) in [5, 5.41) is 7.58. The fraction of sp³-hybridized carbons (Fsp3) is 0.208. The summed E-state index contributed by atoms with van der Waals surface area (Å²) in [6, 6.07) is 11.3. The van der Waals surface area contributed by atoms with Crippen LogP contribution in [-0.2, 0) is 6.42 Å². The van der Waals surface area contributed by atoms with Gasteiger partial charge in [-0.05, 0) is 42.0 Å². The summed E-state index contributed by atoms with van der Waals surface area (Å²) in [5.41, 5.74) is 3.67. The van der Waals surface area contributed by atoms with E-state index in [1.165, 1.54) is 6.20 Å². The van der Waals surface area contributed by atoms with Crippen LogP contribution in [0.5, 0.6) is 17.2 Å². The zero-order valence-corrected chi connectivity index (χ0v) is 18.8. The van der Waals surface area contributed by atoms with Crippen LogP contribution >= 0.6 is 11.6 Å². The van der Waals surface area contributed by atoms with E-state index >= 15 is 0 Å². The van der Waals surface area contributed by atoms with Crippen LogP contribution in [0.4, 0.5) is 0 Å². The molecule has 8 nitrogen and oxygen atoms in total. The van der Waals surface area contributed by atoms with Gasteiger partial charge >= 0.3 is 0 Å². The summed E-state index contributed by atoms with van der Waals surface area (Å²) in [4.78, 5) is 16.9. The van der Waals surface area contributed by atoms with E-state index < -0.39 is 0 Å². The number of hydrogen-bond acceptors (Lipinski definition) is 6. The zero-order chi connectivity index (χ0) is 22.9. The molecule has 0 bridgehead atoms. The highest BCUT2D eigenvalue weighted by molar-refractivity contribution is 6.32. The first-order chi connectivity index (χ1) is 16.1. The van der Waals surface area contributed by atoms with E-state index in [1.807, 2.05) is 30.3 Å². The van der Waals surface area contributed by atoms with Gasteiger partial charge in [-0.2, -0.15) is 5.10 Å². The molecule has 2 aromatic heterocycles. The number of halogens is 1. The van der Waals surface area contributed by atoms with Gasteiger partial charge in [0.05, 0.1) is 32.0 Å². The Balaban J connectivity index is 1.33. The highest BCUT2D eigenvalue weighted by Crippen LogP contribution is 2.42. The number of ether oxygens (including phenoxy) is 3. The number of amides is 1. The fourth-order valence-corrected chi connectivity index (χ4v) is 4.27. The predicted molar refractivity (Wildman–Crippen MR) is 123 cm³/mol. The molecule has 0 saturated carbocycles. The van der Waals surface area contributed by atoms with Gasteiger partial charge in [-0.3, -0.25) is 4.79 Å². The Labute approximate surface area is 195 Å². The van der Waals surface area contributed by atoms with E-state index in [0.717, 1.165) is 28.2 Å². The SMILES string of the molecule is COc1ccc(OC)c(-c2cc(Cl)c3c(c2)CC(CNC(=O)c2cnn4cccnc24)O3)c1. The van der Waals surface area contributed by atoms with Crippen molar-refractivity contribution in [2.24, 2.45) is 0 Å². The first kappa shape index (κ1) is 21.1. The molecule has 0 spiro atoms. The molecular weight excluding hydrogens is 444 g/mol. The van der Waals surface area contributed by atoms with E-state index in [-0.39, 0.29) is 12.0 Å². The van der Waals surface area contributed by atoms with Crippen molar-refractivity contribution in [1.29, 1.82) is 0 Å². The van der Waals surface area contributed by atoms with Crippen LogP contribution in [0.25, 0.3) is 16.8 Å². The third-order valence-electron chi connectivity index (χ3n) is 5.58. The molecule has 1 N–H and O–H groups in total. The number of nitrogens with one attached hydrogen (secondary N) is 1. The predicted octanol–water partition coefficient (Wildman–Crippen LogP) is 3.80. The highest BCUT2D eigenvalue weighted by Gasteiger charge is 2.27. The molecule has 1 amide bonds. The van der Waals surface area contributed by atoms with Gasteiger partial charge in [0.1, 0.15) is 28.9 Å². The van der Waals surface area contributed by atoms with Gasteiger partial charge in [-0.1, -0.05) is 11.6 Å². The number of aromatic nitrogens is 3. The number of carbonyl (C=O) groups is 1. The summed E-state index contributed by atoms with van der Waals surface area (Å²) < 4.78 is 18.5. The molecule has 33 heavy (non-hydrogen) atoms. The molecule has 9 heteroatoms. The second-order valence-corrected chi connectivity index (χ2v) is 8.02. The fourth-order valence-electron chi connectivity index (χ4n) is 3.99. The van der Waals surface area contributed by atoms with Crippen molar-refractivity contribution in [3.63, 3.8) is 0 Å². The van der Waals surface area contributed by atoms with Crippen molar-refractivity contribution >= 4 is 23.2 Å². The molecule has 2 aromatic carbocycles. The van der Waals surface area contributed by atoms with Gasteiger partial charge in [0.25, 0.3) is 5.91 Å². The lowest BCUT2D eigenvalue weighted by molar-refractivity contribution is 0.0935. The Morgan fingerprint density at radius 2 is 2.15 bits per heavy atom. The molecule has 1 unspecified atom stereocenters. The van der Waals surface area contributed by atoms with Gasteiger partial charge in [0.15, 0.2) is 5.65 Å². The Kier molecular flexibility index (Phi) is 5.51. The van der Waals surface area contributed by atoms with Crippen molar-refractivity contribution in [3.8, 4) is 28.4 Å².